The third-order valence-corrected chi connectivity index (χ3v) is 9.53. The molecule has 1 aromatic carbocycles. The van der Waals surface area contributed by atoms with Gasteiger partial charge in [-0.25, -0.2) is 0 Å². The highest BCUT2D eigenvalue weighted by molar-refractivity contribution is 5.93. The Labute approximate surface area is 209 Å². The van der Waals surface area contributed by atoms with Crippen molar-refractivity contribution in [2.45, 2.75) is 77.2 Å². The van der Waals surface area contributed by atoms with E-state index >= 15 is 0 Å². The predicted molar refractivity (Wildman–Crippen MR) is 137 cm³/mol. The summed E-state index contributed by atoms with van der Waals surface area (Å²) in [6, 6.07) is 8.47. The smallest absolute Gasteiger partial charge is 0.156 e. The average Bonchev–Trinajstić information content (AvgIpc) is 3.14. The van der Waals surface area contributed by atoms with E-state index < -0.39 is 0 Å². The predicted octanol–water partition coefficient (Wildman–Crippen LogP) is 6.21. The van der Waals surface area contributed by atoms with Crippen LogP contribution in [-0.2, 0) is 14.3 Å². The molecule has 188 valence electrons. The van der Waals surface area contributed by atoms with Gasteiger partial charge in [0, 0.05) is 31.0 Å². The van der Waals surface area contributed by atoms with Crippen molar-refractivity contribution in [1.82, 2.24) is 0 Å². The number of oxime groups is 1. The second-order valence-electron chi connectivity index (χ2n) is 11.0. The molecule has 5 nitrogen and oxygen atoms in total. The monoisotopic (exact) mass is 477 g/mol. The van der Waals surface area contributed by atoms with E-state index in [-0.39, 0.29) is 22.7 Å². The zero-order valence-corrected chi connectivity index (χ0v) is 21.4. The molecule has 0 spiro atoms. The molecule has 5 heteroatoms. The van der Waals surface area contributed by atoms with Crippen molar-refractivity contribution in [1.29, 1.82) is 0 Å². The van der Waals surface area contributed by atoms with Gasteiger partial charge in [0.15, 0.2) is 5.78 Å². The summed E-state index contributed by atoms with van der Waals surface area (Å²) < 4.78 is 12.7. The molecule has 0 amide bonds. The average molecular weight is 478 g/mol. The van der Waals surface area contributed by atoms with Gasteiger partial charge in [-0.05, 0) is 92.6 Å². The molecule has 4 aliphatic carbocycles. The molecule has 35 heavy (non-hydrogen) atoms. The van der Waals surface area contributed by atoms with E-state index in [9.17, 15) is 4.79 Å². The van der Waals surface area contributed by atoms with Gasteiger partial charge in [0.05, 0.1) is 18.4 Å². The summed E-state index contributed by atoms with van der Waals surface area (Å²) in [5.74, 6) is 1.64. The van der Waals surface area contributed by atoms with Crippen molar-refractivity contribution in [3.05, 3.63) is 58.2 Å². The number of ketones is 1. The summed E-state index contributed by atoms with van der Waals surface area (Å²) in [6.45, 7) is 8.70. The van der Waals surface area contributed by atoms with Crippen LogP contribution in [0.3, 0.4) is 0 Å². The van der Waals surface area contributed by atoms with E-state index in [2.05, 4.69) is 38.1 Å². The van der Waals surface area contributed by atoms with E-state index in [0.29, 0.717) is 38.1 Å². The Kier molecular flexibility index (Phi) is 6.75. The lowest BCUT2D eigenvalue weighted by Crippen LogP contribution is -2.55. The maximum atomic E-state index is 12.3. The molecule has 0 unspecified atom stereocenters. The van der Waals surface area contributed by atoms with Crippen LogP contribution in [0.1, 0.15) is 82.8 Å². The fraction of sp³-hybridized carbons (Fsp3) is 0.600. The normalized spacial score (nSPS) is 34.5. The molecule has 0 aliphatic heterocycles. The van der Waals surface area contributed by atoms with Crippen molar-refractivity contribution < 1.29 is 19.5 Å². The summed E-state index contributed by atoms with van der Waals surface area (Å²) >= 11 is 0. The van der Waals surface area contributed by atoms with Crippen LogP contribution in [-0.4, -0.2) is 42.6 Å². The minimum absolute atomic E-state index is 0.00844. The van der Waals surface area contributed by atoms with Crippen molar-refractivity contribution in [2.75, 3.05) is 19.8 Å². The Morgan fingerprint density at radius 3 is 2.63 bits per heavy atom. The molecule has 0 radical (unpaired) electrons. The highest BCUT2D eigenvalue weighted by Crippen LogP contribution is 2.67. The molecule has 4 aliphatic rings. The number of carbonyl (C=O) groups is 1. The van der Waals surface area contributed by atoms with Crippen LogP contribution in [0.4, 0.5) is 0 Å². The third-order valence-electron chi connectivity index (χ3n) is 9.53. The number of carbonyl (C=O) groups excluding carboxylic acids is 1. The lowest BCUT2D eigenvalue weighted by Gasteiger charge is -2.56. The number of rotatable bonds is 7. The van der Waals surface area contributed by atoms with E-state index in [4.69, 9.17) is 14.7 Å². The first-order chi connectivity index (χ1) is 17.0. The molecular formula is C30H39NO4. The van der Waals surface area contributed by atoms with Gasteiger partial charge in [0.1, 0.15) is 0 Å². The first kappa shape index (κ1) is 24.5. The second-order valence-corrected chi connectivity index (χ2v) is 11.0. The topological polar surface area (TPSA) is 68.1 Å². The fourth-order valence-corrected chi connectivity index (χ4v) is 7.98. The number of benzene rings is 1. The largest absolute Gasteiger partial charge is 0.411 e. The van der Waals surface area contributed by atoms with Crippen LogP contribution < -0.4 is 0 Å². The highest BCUT2D eigenvalue weighted by atomic mass is 16.5. The summed E-state index contributed by atoms with van der Waals surface area (Å²) in [5.41, 5.74) is 6.27. The zero-order chi connectivity index (χ0) is 24.6. The van der Waals surface area contributed by atoms with E-state index in [1.54, 1.807) is 5.57 Å². The van der Waals surface area contributed by atoms with Gasteiger partial charge in [0.25, 0.3) is 0 Å². The molecule has 0 saturated heterocycles. The molecule has 5 atom stereocenters. The Morgan fingerprint density at radius 1 is 1.11 bits per heavy atom. The Balaban J connectivity index is 1.64. The Bertz CT molecular complexity index is 1050. The lowest BCUT2D eigenvalue weighted by molar-refractivity contribution is -0.168. The molecule has 1 N–H and O–H groups in total. The number of hydrogen-bond acceptors (Lipinski definition) is 5. The maximum Gasteiger partial charge on any atom is 0.156 e. The maximum absolute atomic E-state index is 12.3. The second kappa shape index (κ2) is 9.67. The lowest BCUT2D eigenvalue weighted by atomic mass is 9.51. The van der Waals surface area contributed by atoms with E-state index in [0.717, 1.165) is 37.7 Å². The number of ether oxygens (including phenoxy) is 2. The minimum Gasteiger partial charge on any atom is -0.411 e. The van der Waals surface area contributed by atoms with Crippen LogP contribution in [0, 0.1) is 17.3 Å². The standard InChI is InChI=1S/C30H39NO4/c1-4-34-19-30(35-5-2)15-14-27-25-12-10-22-16-23(32)11-13-24(22)28(25)26(17-29(27,30)3)21-8-6-20(7-9-21)18-31-33/h6-9,16,18,25-27,33H,4-5,10-15,17,19H2,1-3H3/b31-18-/t25-,26+,27-,29-,30+/m0/s1. The van der Waals surface area contributed by atoms with Crippen LogP contribution in [0.25, 0.3) is 0 Å². The molecule has 2 fully saturated rings. The van der Waals surface area contributed by atoms with Gasteiger partial charge < -0.3 is 14.7 Å². The summed E-state index contributed by atoms with van der Waals surface area (Å²) in [5, 5.41) is 12.2. The molecular weight excluding hydrogens is 438 g/mol. The zero-order valence-electron chi connectivity index (χ0n) is 21.4. The molecule has 1 aromatic rings. The number of fused-ring (bicyclic) bond motifs is 4. The first-order valence-corrected chi connectivity index (χ1v) is 13.4. The van der Waals surface area contributed by atoms with E-state index in [1.165, 1.54) is 29.3 Å². The van der Waals surface area contributed by atoms with Crippen LogP contribution in [0.15, 0.2) is 52.2 Å². The Hall–Kier alpha value is -2.24. The summed E-state index contributed by atoms with van der Waals surface area (Å²) in [6.07, 6.45) is 10.3. The van der Waals surface area contributed by atoms with Crippen molar-refractivity contribution in [3.8, 4) is 0 Å². The Morgan fingerprint density at radius 2 is 1.91 bits per heavy atom. The first-order valence-electron chi connectivity index (χ1n) is 13.4. The van der Waals surface area contributed by atoms with Crippen LogP contribution in [0.5, 0.6) is 0 Å². The van der Waals surface area contributed by atoms with Crippen molar-refractivity contribution in [2.24, 2.45) is 22.4 Å². The van der Waals surface area contributed by atoms with Gasteiger partial charge in [-0.2, -0.15) is 0 Å². The molecule has 0 heterocycles. The molecule has 0 bridgehead atoms. The third kappa shape index (κ3) is 4.01. The van der Waals surface area contributed by atoms with Crippen molar-refractivity contribution >= 4 is 12.0 Å². The summed E-state index contributed by atoms with van der Waals surface area (Å²) in [7, 11) is 0. The number of nitrogens with zero attached hydrogens (tertiary/aromatic N) is 1. The van der Waals surface area contributed by atoms with Gasteiger partial charge in [0.2, 0.25) is 0 Å². The summed E-state index contributed by atoms with van der Waals surface area (Å²) in [4.78, 5) is 12.3. The van der Waals surface area contributed by atoms with Crippen molar-refractivity contribution in [3.63, 3.8) is 0 Å². The highest BCUT2D eigenvalue weighted by Gasteiger charge is 2.64. The molecule has 0 aromatic heterocycles. The number of allylic oxidation sites excluding steroid dienone is 4. The van der Waals surface area contributed by atoms with Gasteiger partial charge in [-0.3, -0.25) is 4.79 Å². The van der Waals surface area contributed by atoms with E-state index in [1.807, 2.05) is 18.2 Å². The number of hydrogen-bond donors (Lipinski definition) is 1. The minimum atomic E-state index is -0.265. The van der Waals surface area contributed by atoms with Gasteiger partial charge >= 0.3 is 0 Å². The fourth-order valence-electron chi connectivity index (χ4n) is 7.98. The molecule has 5 rings (SSSR count). The quantitative estimate of drug-likeness (QED) is 0.288. The van der Waals surface area contributed by atoms with Crippen LogP contribution in [0.2, 0.25) is 0 Å². The van der Waals surface area contributed by atoms with Crippen LogP contribution >= 0.6 is 0 Å². The van der Waals surface area contributed by atoms with Gasteiger partial charge in [-0.15, -0.1) is 0 Å². The van der Waals surface area contributed by atoms with Gasteiger partial charge in [-0.1, -0.05) is 41.9 Å². The molecule has 2 saturated carbocycles. The SMILES string of the molecule is CCOC[C@]1(OCC)CC[C@H]2[C@@H]3CCC4=CC(=O)CCC4=C3[C@@H](c3ccc(/C=N\O)cc3)C[C@@]21C.